The average molecular weight is 237 g/mol. The topological polar surface area (TPSA) is 58.4 Å². The normalized spacial score (nSPS) is 18.9. The second kappa shape index (κ2) is 4.87. The SMILES string of the molecule is CCN1CC(n2nccc2CC(C)C(=O)O)C1. The molecule has 2 heterocycles. The first-order valence-corrected chi connectivity index (χ1v) is 6.09. The van der Waals surface area contributed by atoms with Crippen molar-refractivity contribution in [3.63, 3.8) is 0 Å². The summed E-state index contributed by atoms with van der Waals surface area (Å²) in [6.07, 6.45) is 2.32. The zero-order chi connectivity index (χ0) is 12.4. The Balaban J connectivity index is 2.00. The second-order valence-corrected chi connectivity index (χ2v) is 4.72. The van der Waals surface area contributed by atoms with E-state index in [0.717, 1.165) is 25.3 Å². The Kier molecular flexibility index (Phi) is 3.47. The number of nitrogens with zero attached hydrogens (tertiary/aromatic N) is 3. The Morgan fingerprint density at radius 1 is 1.65 bits per heavy atom. The number of likely N-dealkylation sites (tertiary alicyclic amines) is 1. The largest absolute Gasteiger partial charge is 0.481 e. The van der Waals surface area contributed by atoms with E-state index in [-0.39, 0.29) is 5.92 Å². The fourth-order valence-electron chi connectivity index (χ4n) is 2.19. The van der Waals surface area contributed by atoms with Crippen molar-refractivity contribution in [1.29, 1.82) is 0 Å². The summed E-state index contributed by atoms with van der Waals surface area (Å²) in [5, 5.41) is 13.2. The molecule has 1 aromatic heterocycles. The van der Waals surface area contributed by atoms with Gasteiger partial charge in [0.2, 0.25) is 0 Å². The van der Waals surface area contributed by atoms with Crippen LogP contribution in [0.3, 0.4) is 0 Å². The van der Waals surface area contributed by atoms with Gasteiger partial charge in [-0.2, -0.15) is 5.10 Å². The van der Waals surface area contributed by atoms with E-state index in [1.54, 1.807) is 13.1 Å². The van der Waals surface area contributed by atoms with Gasteiger partial charge in [0.25, 0.3) is 0 Å². The molecule has 1 atom stereocenters. The molecule has 0 amide bonds. The number of carbonyl (C=O) groups is 1. The minimum atomic E-state index is -0.749. The molecule has 1 aromatic rings. The summed E-state index contributed by atoms with van der Waals surface area (Å²) in [6, 6.07) is 2.34. The van der Waals surface area contributed by atoms with Crippen LogP contribution in [-0.2, 0) is 11.2 Å². The van der Waals surface area contributed by atoms with E-state index in [0.29, 0.717) is 12.5 Å². The quantitative estimate of drug-likeness (QED) is 0.830. The summed E-state index contributed by atoms with van der Waals surface area (Å²) in [4.78, 5) is 13.2. The van der Waals surface area contributed by atoms with Crippen LogP contribution in [0.4, 0.5) is 0 Å². The Morgan fingerprint density at radius 3 is 2.94 bits per heavy atom. The van der Waals surface area contributed by atoms with E-state index in [4.69, 9.17) is 5.11 Å². The molecule has 0 bridgehead atoms. The number of hydrogen-bond acceptors (Lipinski definition) is 3. The fraction of sp³-hybridized carbons (Fsp3) is 0.667. The molecular formula is C12H19N3O2. The summed E-state index contributed by atoms with van der Waals surface area (Å²) < 4.78 is 1.99. The molecule has 17 heavy (non-hydrogen) atoms. The number of hydrogen-bond donors (Lipinski definition) is 1. The third-order valence-electron chi connectivity index (χ3n) is 3.42. The van der Waals surface area contributed by atoms with Crippen molar-refractivity contribution in [2.75, 3.05) is 19.6 Å². The van der Waals surface area contributed by atoms with Crippen LogP contribution in [0.2, 0.25) is 0 Å². The van der Waals surface area contributed by atoms with Crippen LogP contribution in [0.15, 0.2) is 12.3 Å². The molecular weight excluding hydrogens is 218 g/mol. The predicted molar refractivity (Wildman–Crippen MR) is 63.9 cm³/mol. The van der Waals surface area contributed by atoms with Crippen LogP contribution in [0.5, 0.6) is 0 Å². The molecule has 0 radical (unpaired) electrons. The number of carboxylic acid groups (broad SMARTS) is 1. The van der Waals surface area contributed by atoms with Crippen LogP contribution >= 0.6 is 0 Å². The van der Waals surface area contributed by atoms with Gasteiger partial charge in [0.05, 0.1) is 12.0 Å². The minimum absolute atomic E-state index is 0.354. The highest BCUT2D eigenvalue weighted by molar-refractivity contribution is 5.69. The molecule has 1 aliphatic rings. The van der Waals surface area contributed by atoms with Crippen molar-refractivity contribution in [3.8, 4) is 0 Å². The van der Waals surface area contributed by atoms with Gasteiger partial charge >= 0.3 is 5.97 Å². The van der Waals surface area contributed by atoms with E-state index >= 15 is 0 Å². The summed E-state index contributed by atoms with van der Waals surface area (Å²) in [5.74, 6) is -1.10. The Morgan fingerprint density at radius 2 is 2.35 bits per heavy atom. The molecule has 1 N–H and O–H groups in total. The molecule has 1 fully saturated rings. The number of aromatic nitrogens is 2. The first kappa shape index (κ1) is 12.1. The molecule has 1 unspecified atom stereocenters. The van der Waals surface area contributed by atoms with Crippen molar-refractivity contribution >= 4 is 5.97 Å². The molecule has 0 spiro atoms. The molecule has 94 valence electrons. The highest BCUT2D eigenvalue weighted by Gasteiger charge is 2.29. The van der Waals surface area contributed by atoms with Gasteiger partial charge in [-0.15, -0.1) is 0 Å². The average Bonchev–Trinajstić information content (AvgIpc) is 2.64. The Labute approximate surface area is 101 Å². The van der Waals surface area contributed by atoms with Crippen molar-refractivity contribution in [3.05, 3.63) is 18.0 Å². The lowest BCUT2D eigenvalue weighted by molar-refractivity contribution is -0.141. The lowest BCUT2D eigenvalue weighted by Gasteiger charge is -2.39. The summed E-state index contributed by atoms with van der Waals surface area (Å²) in [7, 11) is 0. The van der Waals surface area contributed by atoms with Gasteiger partial charge in [0, 0.05) is 31.4 Å². The van der Waals surface area contributed by atoms with E-state index in [1.165, 1.54) is 0 Å². The Bertz CT molecular complexity index is 396. The van der Waals surface area contributed by atoms with E-state index < -0.39 is 5.97 Å². The third kappa shape index (κ3) is 2.49. The van der Waals surface area contributed by atoms with E-state index in [2.05, 4.69) is 16.9 Å². The smallest absolute Gasteiger partial charge is 0.306 e. The molecule has 0 aliphatic carbocycles. The molecule has 5 nitrogen and oxygen atoms in total. The van der Waals surface area contributed by atoms with Gasteiger partial charge < -0.3 is 5.11 Å². The molecule has 2 rings (SSSR count). The van der Waals surface area contributed by atoms with Crippen LogP contribution in [0, 0.1) is 5.92 Å². The van der Waals surface area contributed by atoms with Crippen molar-refractivity contribution in [1.82, 2.24) is 14.7 Å². The Hall–Kier alpha value is -1.36. The van der Waals surface area contributed by atoms with Gasteiger partial charge in [-0.3, -0.25) is 14.4 Å². The predicted octanol–water partition coefficient (Wildman–Crippen LogP) is 1.02. The van der Waals surface area contributed by atoms with Gasteiger partial charge in [-0.25, -0.2) is 0 Å². The number of rotatable bonds is 5. The second-order valence-electron chi connectivity index (χ2n) is 4.72. The van der Waals surface area contributed by atoms with Crippen LogP contribution in [0.25, 0.3) is 0 Å². The molecule has 1 saturated heterocycles. The maximum Gasteiger partial charge on any atom is 0.306 e. The van der Waals surface area contributed by atoms with Gasteiger partial charge in [0.1, 0.15) is 0 Å². The van der Waals surface area contributed by atoms with E-state index in [9.17, 15) is 4.79 Å². The maximum absolute atomic E-state index is 10.9. The summed E-state index contributed by atoms with van der Waals surface area (Å²) in [5.41, 5.74) is 1.03. The summed E-state index contributed by atoms with van der Waals surface area (Å²) in [6.45, 7) is 6.99. The maximum atomic E-state index is 10.9. The summed E-state index contributed by atoms with van der Waals surface area (Å²) >= 11 is 0. The monoisotopic (exact) mass is 237 g/mol. The zero-order valence-corrected chi connectivity index (χ0v) is 10.3. The third-order valence-corrected chi connectivity index (χ3v) is 3.42. The highest BCUT2D eigenvalue weighted by Crippen LogP contribution is 2.22. The minimum Gasteiger partial charge on any atom is -0.481 e. The molecule has 5 heteroatoms. The van der Waals surface area contributed by atoms with E-state index in [1.807, 2.05) is 10.7 Å². The molecule has 1 aliphatic heterocycles. The van der Waals surface area contributed by atoms with Crippen molar-refractivity contribution < 1.29 is 9.90 Å². The first-order valence-electron chi connectivity index (χ1n) is 6.09. The molecule has 0 aromatic carbocycles. The first-order chi connectivity index (χ1) is 8.11. The van der Waals surface area contributed by atoms with Crippen molar-refractivity contribution in [2.24, 2.45) is 5.92 Å². The van der Waals surface area contributed by atoms with Crippen LogP contribution in [-0.4, -0.2) is 45.4 Å². The number of aliphatic carboxylic acids is 1. The number of likely N-dealkylation sites (N-methyl/N-ethyl adjacent to an activating group) is 1. The van der Waals surface area contributed by atoms with Crippen LogP contribution in [0.1, 0.15) is 25.6 Å². The van der Waals surface area contributed by atoms with Gasteiger partial charge in [0.15, 0.2) is 0 Å². The van der Waals surface area contributed by atoms with Crippen molar-refractivity contribution in [2.45, 2.75) is 26.3 Å². The molecule has 0 saturated carbocycles. The number of carboxylic acids is 1. The standard InChI is InChI=1S/C12H19N3O2/c1-3-14-7-11(8-14)15-10(4-5-13-15)6-9(2)12(16)17/h4-5,9,11H,3,6-8H2,1-2H3,(H,16,17). The van der Waals surface area contributed by atoms with Gasteiger partial charge in [-0.1, -0.05) is 13.8 Å². The van der Waals surface area contributed by atoms with Gasteiger partial charge in [-0.05, 0) is 12.6 Å². The fourth-order valence-corrected chi connectivity index (χ4v) is 2.19. The lowest BCUT2D eigenvalue weighted by atomic mass is 10.0. The van der Waals surface area contributed by atoms with Crippen LogP contribution < -0.4 is 0 Å². The highest BCUT2D eigenvalue weighted by atomic mass is 16.4. The lowest BCUT2D eigenvalue weighted by Crippen LogP contribution is -2.48. The zero-order valence-electron chi connectivity index (χ0n) is 10.3.